The highest BCUT2D eigenvalue weighted by Crippen LogP contribution is 2.22. The third-order valence-corrected chi connectivity index (χ3v) is 5.37. The van der Waals surface area contributed by atoms with Crippen molar-refractivity contribution in [2.75, 3.05) is 24.5 Å². The van der Waals surface area contributed by atoms with Crippen molar-refractivity contribution in [1.29, 1.82) is 0 Å². The van der Waals surface area contributed by atoms with Crippen LogP contribution in [0.5, 0.6) is 0 Å². The van der Waals surface area contributed by atoms with Gasteiger partial charge in [-0.05, 0) is 50.3 Å². The van der Waals surface area contributed by atoms with Gasteiger partial charge >= 0.3 is 0 Å². The van der Waals surface area contributed by atoms with E-state index in [2.05, 4.69) is 26.3 Å². The van der Waals surface area contributed by atoms with Gasteiger partial charge in [0, 0.05) is 37.0 Å². The second-order valence-corrected chi connectivity index (χ2v) is 7.50. The number of nitrogens with zero attached hydrogens (tertiary/aromatic N) is 3. The molecule has 0 saturated carbocycles. The van der Waals surface area contributed by atoms with Gasteiger partial charge in [-0.2, -0.15) is 0 Å². The van der Waals surface area contributed by atoms with E-state index in [4.69, 9.17) is 0 Å². The zero-order valence-electron chi connectivity index (χ0n) is 16.0. The SMILES string of the molecule is O=C(NCC1=CCCCC1)c1cccc(-c2nccc(N3CCC(O)C3)n2)c1. The number of amides is 1. The minimum absolute atomic E-state index is 0.0767. The number of benzene rings is 1. The first kappa shape index (κ1) is 18.6. The average Bonchev–Trinajstić information content (AvgIpc) is 3.19. The highest BCUT2D eigenvalue weighted by atomic mass is 16.3. The number of allylic oxidation sites excluding steroid dienone is 1. The van der Waals surface area contributed by atoms with Gasteiger partial charge in [-0.25, -0.2) is 9.97 Å². The molecule has 2 aliphatic rings. The molecule has 1 atom stereocenters. The number of hydrogen-bond acceptors (Lipinski definition) is 5. The molecule has 1 aliphatic heterocycles. The number of carbonyl (C=O) groups excluding carboxylic acids is 1. The first-order valence-electron chi connectivity index (χ1n) is 10.0. The standard InChI is InChI=1S/C22H26N4O2/c27-19-10-12-26(15-19)20-9-11-23-21(25-20)17-7-4-8-18(13-17)22(28)24-14-16-5-2-1-3-6-16/h4-5,7-9,11,13,19,27H,1-3,6,10,12,14-15H2,(H,24,28). The second-order valence-electron chi connectivity index (χ2n) is 7.50. The Hall–Kier alpha value is -2.73. The van der Waals surface area contributed by atoms with Crippen molar-refractivity contribution >= 4 is 11.7 Å². The van der Waals surface area contributed by atoms with Crippen LogP contribution in [0.3, 0.4) is 0 Å². The Kier molecular flexibility index (Phi) is 5.67. The summed E-state index contributed by atoms with van der Waals surface area (Å²) in [5.41, 5.74) is 2.74. The molecule has 28 heavy (non-hydrogen) atoms. The zero-order chi connectivity index (χ0) is 19.3. The van der Waals surface area contributed by atoms with Gasteiger partial charge in [0.2, 0.25) is 0 Å². The Bertz CT molecular complexity index is 880. The molecule has 1 aromatic heterocycles. The lowest BCUT2D eigenvalue weighted by atomic mass is 9.99. The third kappa shape index (κ3) is 4.39. The first-order valence-corrected chi connectivity index (χ1v) is 10.0. The molecule has 0 radical (unpaired) electrons. The van der Waals surface area contributed by atoms with E-state index in [9.17, 15) is 9.90 Å². The minimum Gasteiger partial charge on any atom is -0.391 e. The van der Waals surface area contributed by atoms with Gasteiger partial charge < -0.3 is 15.3 Å². The van der Waals surface area contributed by atoms with E-state index in [0.29, 0.717) is 24.5 Å². The maximum atomic E-state index is 12.6. The van der Waals surface area contributed by atoms with Crippen LogP contribution < -0.4 is 10.2 Å². The Morgan fingerprint density at radius 2 is 2.21 bits per heavy atom. The fourth-order valence-corrected chi connectivity index (χ4v) is 3.77. The van der Waals surface area contributed by atoms with Gasteiger partial charge in [0.1, 0.15) is 5.82 Å². The Balaban J connectivity index is 1.47. The van der Waals surface area contributed by atoms with Crippen LogP contribution in [-0.4, -0.2) is 46.7 Å². The molecule has 1 unspecified atom stereocenters. The third-order valence-electron chi connectivity index (χ3n) is 5.37. The maximum absolute atomic E-state index is 12.6. The first-order chi connectivity index (χ1) is 13.7. The van der Waals surface area contributed by atoms with Crippen molar-refractivity contribution in [3.63, 3.8) is 0 Å². The van der Waals surface area contributed by atoms with Gasteiger partial charge in [0.25, 0.3) is 5.91 Å². The molecular formula is C22H26N4O2. The number of β-amino-alcohol motifs (C(OH)–C–C–N with tert-alkyl or cyclic N) is 1. The van der Waals surface area contributed by atoms with E-state index in [1.807, 2.05) is 30.3 Å². The van der Waals surface area contributed by atoms with Crippen LogP contribution in [0.1, 0.15) is 42.5 Å². The van der Waals surface area contributed by atoms with E-state index in [1.165, 1.54) is 18.4 Å². The number of aliphatic hydroxyl groups is 1. The predicted molar refractivity (Wildman–Crippen MR) is 109 cm³/mol. The van der Waals surface area contributed by atoms with Crippen LogP contribution in [0.25, 0.3) is 11.4 Å². The lowest BCUT2D eigenvalue weighted by molar-refractivity contribution is 0.0956. The fraction of sp³-hybridized carbons (Fsp3) is 0.409. The summed E-state index contributed by atoms with van der Waals surface area (Å²) in [7, 11) is 0. The number of carbonyl (C=O) groups is 1. The molecule has 4 rings (SSSR count). The molecule has 2 N–H and O–H groups in total. The van der Waals surface area contributed by atoms with Gasteiger partial charge in [-0.3, -0.25) is 4.79 Å². The van der Waals surface area contributed by atoms with Crippen molar-refractivity contribution in [3.8, 4) is 11.4 Å². The smallest absolute Gasteiger partial charge is 0.251 e. The minimum atomic E-state index is -0.301. The molecule has 1 fully saturated rings. The lowest BCUT2D eigenvalue weighted by Crippen LogP contribution is -2.26. The fourth-order valence-electron chi connectivity index (χ4n) is 3.77. The molecule has 1 saturated heterocycles. The molecule has 1 aliphatic carbocycles. The summed E-state index contributed by atoms with van der Waals surface area (Å²) in [5, 5.41) is 12.8. The van der Waals surface area contributed by atoms with Gasteiger partial charge in [-0.1, -0.05) is 23.8 Å². The van der Waals surface area contributed by atoms with E-state index in [1.54, 1.807) is 6.20 Å². The summed E-state index contributed by atoms with van der Waals surface area (Å²) in [5.74, 6) is 1.32. The summed E-state index contributed by atoms with van der Waals surface area (Å²) < 4.78 is 0. The summed E-state index contributed by atoms with van der Waals surface area (Å²) in [6.45, 7) is 2.00. The van der Waals surface area contributed by atoms with Gasteiger partial charge in [0.15, 0.2) is 5.82 Å². The molecular weight excluding hydrogens is 352 g/mol. The maximum Gasteiger partial charge on any atom is 0.251 e. The molecule has 0 spiro atoms. The van der Waals surface area contributed by atoms with E-state index >= 15 is 0 Å². The average molecular weight is 378 g/mol. The molecule has 1 amide bonds. The molecule has 6 heteroatoms. The number of hydrogen-bond donors (Lipinski definition) is 2. The topological polar surface area (TPSA) is 78.4 Å². The van der Waals surface area contributed by atoms with Crippen molar-refractivity contribution in [1.82, 2.24) is 15.3 Å². The molecule has 146 valence electrons. The van der Waals surface area contributed by atoms with Gasteiger partial charge in [-0.15, -0.1) is 0 Å². The molecule has 0 bridgehead atoms. The summed E-state index contributed by atoms with van der Waals surface area (Å²) >= 11 is 0. The highest BCUT2D eigenvalue weighted by molar-refractivity contribution is 5.95. The molecule has 2 aromatic rings. The second kappa shape index (κ2) is 8.52. The number of aliphatic hydroxyl groups excluding tert-OH is 1. The summed E-state index contributed by atoms with van der Waals surface area (Å²) in [4.78, 5) is 23.6. The van der Waals surface area contributed by atoms with Crippen molar-refractivity contribution < 1.29 is 9.90 Å². The van der Waals surface area contributed by atoms with Gasteiger partial charge in [0.05, 0.1) is 6.10 Å². The summed E-state index contributed by atoms with van der Waals surface area (Å²) in [6, 6.07) is 9.28. The number of anilines is 1. The highest BCUT2D eigenvalue weighted by Gasteiger charge is 2.21. The number of aromatic nitrogens is 2. The van der Waals surface area contributed by atoms with Crippen molar-refractivity contribution in [2.45, 2.75) is 38.2 Å². The zero-order valence-corrected chi connectivity index (χ0v) is 16.0. The largest absolute Gasteiger partial charge is 0.391 e. The van der Waals surface area contributed by atoms with Crippen LogP contribution in [0.2, 0.25) is 0 Å². The predicted octanol–water partition coefficient (Wildman–Crippen LogP) is 2.94. The Labute approximate surface area is 165 Å². The summed E-state index contributed by atoms with van der Waals surface area (Å²) in [6.07, 6.45) is 9.07. The van der Waals surface area contributed by atoms with E-state index in [0.717, 1.165) is 37.2 Å². The normalized spacial score (nSPS) is 19.4. The van der Waals surface area contributed by atoms with Crippen LogP contribution in [0.15, 0.2) is 48.2 Å². The van der Waals surface area contributed by atoms with E-state index < -0.39 is 0 Å². The monoisotopic (exact) mass is 378 g/mol. The van der Waals surface area contributed by atoms with Crippen LogP contribution in [-0.2, 0) is 0 Å². The Morgan fingerprint density at radius 3 is 3.00 bits per heavy atom. The quantitative estimate of drug-likeness (QED) is 0.782. The molecule has 6 nitrogen and oxygen atoms in total. The molecule has 2 heterocycles. The van der Waals surface area contributed by atoms with Crippen molar-refractivity contribution in [2.24, 2.45) is 0 Å². The van der Waals surface area contributed by atoms with Crippen LogP contribution in [0.4, 0.5) is 5.82 Å². The van der Waals surface area contributed by atoms with Crippen LogP contribution in [0, 0.1) is 0 Å². The number of rotatable bonds is 5. The Morgan fingerprint density at radius 1 is 1.29 bits per heavy atom. The lowest BCUT2D eigenvalue weighted by Gasteiger charge is -2.17. The van der Waals surface area contributed by atoms with Crippen molar-refractivity contribution in [3.05, 3.63) is 53.7 Å². The molecule has 1 aromatic carbocycles. The number of nitrogens with one attached hydrogen (secondary N) is 1. The van der Waals surface area contributed by atoms with E-state index in [-0.39, 0.29) is 12.0 Å². The van der Waals surface area contributed by atoms with Crippen LogP contribution >= 0.6 is 0 Å².